The minimum Gasteiger partial charge on any atom is -0.496 e. The van der Waals surface area contributed by atoms with E-state index in [0.29, 0.717) is 43.4 Å². The van der Waals surface area contributed by atoms with Gasteiger partial charge in [-0.1, -0.05) is 69.7 Å². The SMILES string of the molecule is CCOC(=O)C1=C(C)N=c2sc(=Cc3ccc(-c4ccc(Br)cc4)o3)c(=O)n2C1c1c(OC)ccc2ccccc12. The molecule has 0 aliphatic carbocycles. The zero-order valence-electron chi connectivity index (χ0n) is 22.5. The standard InChI is InChI=1S/C32H25BrN2O5S/c1-4-39-31(37)27-18(2)34-32-35(29(27)28-23-8-6-5-7-19(23)11-15-25(28)38-3)30(36)26(41-32)17-22-14-16-24(40-22)20-9-12-21(33)13-10-20/h5-17,29H,4H2,1-3H3. The number of carbonyl (C=O) groups excluding carboxylic acids is 1. The Morgan fingerprint density at radius 3 is 2.63 bits per heavy atom. The molecule has 0 N–H and O–H groups in total. The van der Waals surface area contributed by atoms with Crippen LogP contribution >= 0.6 is 27.3 Å². The number of thiazole rings is 1. The number of methoxy groups -OCH3 is 1. The number of benzene rings is 3. The molecule has 206 valence electrons. The minimum absolute atomic E-state index is 0.193. The molecule has 5 aromatic rings. The van der Waals surface area contributed by atoms with Crippen LogP contribution in [0.5, 0.6) is 5.75 Å². The van der Waals surface area contributed by atoms with Crippen molar-refractivity contribution in [2.45, 2.75) is 19.9 Å². The van der Waals surface area contributed by atoms with Gasteiger partial charge in [-0.05, 0) is 55.0 Å². The molecule has 1 aliphatic heterocycles. The molecule has 0 fully saturated rings. The summed E-state index contributed by atoms with van der Waals surface area (Å²) < 4.78 is 20.3. The molecular weight excluding hydrogens is 604 g/mol. The zero-order chi connectivity index (χ0) is 28.7. The number of carbonyl (C=O) groups is 1. The lowest BCUT2D eigenvalue weighted by Gasteiger charge is -2.27. The summed E-state index contributed by atoms with van der Waals surface area (Å²) in [5.74, 6) is 1.27. The van der Waals surface area contributed by atoms with Crippen LogP contribution in [0.2, 0.25) is 0 Å². The number of rotatable bonds is 6. The largest absolute Gasteiger partial charge is 0.496 e. The van der Waals surface area contributed by atoms with Crippen LogP contribution in [0.4, 0.5) is 0 Å². The van der Waals surface area contributed by atoms with Crippen molar-refractivity contribution in [1.82, 2.24) is 4.57 Å². The molecule has 0 amide bonds. The van der Waals surface area contributed by atoms with Crippen molar-refractivity contribution in [3.63, 3.8) is 0 Å². The van der Waals surface area contributed by atoms with Crippen molar-refractivity contribution in [3.05, 3.63) is 120 Å². The summed E-state index contributed by atoms with van der Waals surface area (Å²) in [6, 6.07) is 22.4. The molecule has 9 heteroatoms. The van der Waals surface area contributed by atoms with Crippen LogP contribution in [-0.4, -0.2) is 24.3 Å². The van der Waals surface area contributed by atoms with Gasteiger partial charge in [0.2, 0.25) is 0 Å². The van der Waals surface area contributed by atoms with E-state index in [9.17, 15) is 9.59 Å². The van der Waals surface area contributed by atoms with Gasteiger partial charge < -0.3 is 13.9 Å². The van der Waals surface area contributed by atoms with Gasteiger partial charge in [0.25, 0.3) is 5.56 Å². The summed E-state index contributed by atoms with van der Waals surface area (Å²) in [5.41, 5.74) is 2.13. The van der Waals surface area contributed by atoms with Crippen LogP contribution in [0, 0.1) is 0 Å². The maximum Gasteiger partial charge on any atom is 0.338 e. The number of ether oxygens (including phenoxy) is 2. The second-order valence-electron chi connectivity index (χ2n) is 9.41. The van der Waals surface area contributed by atoms with Crippen molar-refractivity contribution in [2.24, 2.45) is 4.99 Å². The fourth-order valence-corrected chi connectivity index (χ4v) is 6.42. The van der Waals surface area contributed by atoms with Gasteiger partial charge in [-0.25, -0.2) is 9.79 Å². The van der Waals surface area contributed by atoms with Gasteiger partial charge in [-0.15, -0.1) is 0 Å². The summed E-state index contributed by atoms with van der Waals surface area (Å²) in [6.45, 7) is 3.71. The number of hydrogen-bond acceptors (Lipinski definition) is 7. The maximum absolute atomic E-state index is 14.1. The summed E-state index contributed by atoms with van der Waals surface area (Å²) >= 11 is 4.70. The minimum atomic E-state index is -0.802. The number of fused-ring (bicyclic) bond motifs is 2. The highest BCUT2D eigenvalue weighted by molar-refractivity contribution is 9.10. The van der Waals surface area contributed by atoms with Gasteiger partial charge in [0, 0.05) is 21.7 Å². The van der Waals surface area contributed by atoms with Crippen LogP contribution in [0.3, 0.4) is 0 Å². The molecule has 1 unspecified atom stereocenters. The van der Waals surface area contributed by atoms with Crippen molar-refractivity contribution >= 4 is 50.1 Å². The fraction of sp³-hybridized carbons (Fsp3) is 0.156. The molecule has 0 radical (unpaired) electrons. The van der Waals surface area contributed by atoms with Crippen molar-refractivity contribution in [3.8, 4) is 17.1 Å². The van der Waals surface area contributed by atoms with Crippen LogP contribution in [-0.2, 0) is 9.53 Å². The number of esters is 1. The third-order valence-corrected chi connectivity index (χ3v) is 8.48. The van der Waals surface area contributed by atoms with Crippen molar-refractivity contribution in [1.29, 1.82) is 0 Å². The summed E-state index contributed by atoms with van der Waals surface area (Å²) in [7, 11) is 1.58. The monoisotopic (exact) mass is 628 g/mol. The van der Waals surface area contributed by atoms with Gasteiger partial charge in [-0.3, -0.25) is 9.36 Å². The molecule has 3 aromatic carbocycles. The highest BCUT2D eigenvalue weighted by atomic mass is 79.9. The summed E-state index contributed by atoms with van der Waals surface area (Å²) in [6.07, 6.45) is 1.72. The molecule has 7 nitrogen and oxygen atoms in total. The third-order valence-electron chi connectivity index (χ3n) is 6.97. The van der Waals surface area contributed by atoms with Gasteiger partial charge in [0.15, 0.2) is 4.80 Å². The highest BCUT2D eigenvalue weighted by Gasteiger charge is 2.36. The number of halogens is 1. The Morgan fingerprint density at radius 2 is 1.88 bits per heavy atom. The second-order valence-corrected chi connectivity index (χ2v) is 11.3. The lowest BCUT2D eigenvalue weighted by molar-refractivity contribution is -0.139. The number of aromatic nitrogens is 1. The number of nitrogens with zero attached hydrogens (tertiary/aromatic N) is 2. The number of furan rings is 1. The normalized spacial score (nSPS) is 15.1. The Kier molecular flexibility index (Phi) is 7.23. The van der Waals surface area contributed by atoms with Gasteiger partial charge in [0.05, 0.1) is 29.5 Å². The predicted molar refractivity (Wildman–Crippen MR) is 163 cm³/mol. The molecular formula is C32H25BrN2O5S. The Bertz CT molecular complexity index is 2020. The van der Waals surface area contributed by atoms with E-state index in [2.05, 4.69) is 15.9 Å². The third kappa shape index (κ3) is 4.85. The van der Waals surface area contributed by atoms with E-state index in [4.69, 9.17) is 18.9 Å². The van der Waals surface area contributed by atoms with Gasteiger partial charge in [0.1, 0.15) is 23.3 Å². The molecule has 3 heterocycles. The van der Waals surface area contributed by atoms with Gasteiger partial charge >= 0.3 is 5.97 Å². The van der Waals surface area contributed by atoms with E-state index < -0.39 is 12.0 Å². The Labute approximate surface area is 247 Å². The first-order valence-electron chi connectivity index (χ1n) is 13.0. The highest BCUT2D eigenvalue weighted by Crippen LogP contribution is 2.40. The van der Waals surface area contributed by atoms with Gasteiger partial charge in [-0.2, -0.15) is 0 Å². The lowest BCUT2D eigenvalue weighted by Crippen LogP contribution is -2.40. The van der Waals surface area contributed by atoms with Crippen LogP contribution < -0.4 is 19.6 Å². The number of hydrogen-bond donors (Lipinski definition) is 0. The van der Waals surface area contributed by atoms with E-state index in [0.717, 1.165) is 20.8 Å². The molecule has 6 rings (SSSR count). The first-order chi connectivity index (χ1) is 19.9. The van der Waals surface area contributed by atoms with Crippen LogP contribution in [0.15, 0.2) is 103 Å². The van der Waals surface area contributed by atoms with E-state index in [-0.39, 0.29) is 12.2 Å². The van der Waals surface area contributed by atoms with E-state index in [1.807, 2.05) is 72.8 Å². The summed E-state index contributed by atoms with van der Waals surface area (Å²) in [4.78, 5) is 32.7. The summed E-state index contributed by atoms with van der Waals surface area (Å²) in [5, 5.41) is 1.83. The average molecular weight is 630 g/mol. The van der Waals surface area contributed by atoms with Crippen LogP contribution in [0.25, 0.3) is 28.2 Å². The average Bonchev–Trinajstić information content (AvgIpc) is 3.56. The van der Waals surface area contributed by atoms with E-state index in [1.54, 1.807) is 31.6 Å². The molecule has 2 aromatic heterocycles. The molecule has 1 aliphatic rings. The second kappa shape index (κ2) is 11.0. The zero-order valence-corrected chi connectivity index (χ0v) is 24.9. The van der Waals surface area contributed by atoms with Crippen molar-refractivity contribution < 1.29 is 18.7 Å². The van der Waals surface area contributed by atoms with Crippen LogP contribution in [0.1, 0.15) is 31.2 Å². The molecule has 0 spiro atoms. The Morgan fingerprint density at radius 1 is 1.10 bits per heavy atom. The quantitative estimate of drug-likeness (QED) is 0.216. The number of allylic oxidation sites excluding steroid dienone is 1. The first kappa shape index (κ1) is 27.0. The van der Waals surface area contributed by atoms with Crippen molar-refractivity contribution in [2.75, 3.05) is 13.7 Å². The maximum atomic E-state index is 14.1. The fourth-order valence-electron chi connectivity index (χ4n) is 5.13. The molecule has 41 heavy (non-hydrogen) atoms. The Hall–Kier alpha value is -4.21. The topological polar surface area (TPSA) is 83.0 Å². The lowest BCUT2D eigenvalue weighted by atomic mass is 9.90. The Balaban J connectivity index is 1.57. The molecule has 1 atom stereocenters. The molecule has 0 bridgehead atoms. The molecule has 0 saturated carbocycles. The van der Waals surface area contributed by atoms with E-state index in [1.165, 1.54) is 11.3 Å². The first-order valence-corrected chi connectivity index (χ1v) is 14.6. The molecule has 0 saturated heterocycles. The van der Waals surface area contributed by atoms with E-state index >= 15 is 0 Å². The predicted octanol–water partition coefficient (Wildman–Crippen LogP) is 5.98. The smallest absolute Gasteiger partial charge is 0.338 e.